The molecule has 0 fully saturated rings. The summed E-state index contributed by atoms with van der Waals surface area (Å²) >= 11 is 0. The zero-order valence-electron chi connectivity index (χ0n) is 13.8. The van der Waals surface area contributed by atoms with E-state index in [2.05, 4.69) is 14.4 Å². The number of rotatable bonds is 5. The molecule has 0 atom stereocenters. The molecule has 0 aliphatic carbocycles. The Kier molecular flexibility index (Phi) is 5.04. The minimum absolute atomic E-state index is 0.0673. The van der Waals surface area contributed by atoms with Gasteiger partial charge in [0.2, 0.25) is 0 Å². The topological polar surface area (TPSA) is 163 Å². The van der Waals surface area contributed by atoms with Crippen LogP contribution in [0.1, 0.15) is 0 Å². The standard InChI is InChI=1S/C16H12N2O8S2/c19-15-8-1-10-9-13(27(20,21)22)6-7-14(10)16(15)18-17-11-2-4-12(5-3-11)26-28(23,24)25/h1-9,19H,(H,20,21,22)(H,23,24,25)/b18-17+. The smallest absolute Gasteiger partial charge is 0.446 e. The van der Waals surface area contributed by atoms with Gasteiger partial charge in [-0.2, -0.15) is 21.9 Å². The summed E-state index contributed by atoms with van der Waals surface area (Å²) in [5.41, 5.74) is 0.353. The van der Waals surface area contributed by atoms with E-state index in [4.69, 9.17) is 9.11 Å². The molecule has 0 heterocycles. The molecule has 28 heavy (non-hydrogen) atoms. The highest BCUT2D eigenvalue weighted by Crippen LogP contribution is 2.37. The van der Waals surface area contributed by atoms with Crippen LogP contribution in [0, 0.1) is 0 Å². The zero-order valence-corrected chi connectivity index (χ0v) is 15.4. The zero-order chi connectivity index (χ0) is 20.5. The monoisotopic (exact) mass is 424 g/mol. The van der Waals surface area contributed by atoms with Crippen LogP contribution in [0.4, 0.5) is 11.4 Å². The van der Waals surface area contributed by atoms with Crippen LogP contribution in [-0.4, -0.2) is 31.0 Å². The summed E-state index contributed by atoms with van der Waals surface area (Å²) < 4.78 is 65.9. The highest BCUT2D eigenvalue weighted by molar-refractivity contribution is 7.85. The third-order valence-corrected chi connectivity index (χ3v) is 4.80. The van der Waals surface area contributed by atoms with E-state index in [9.17, 15) is 21.9 Å². The quantitative estimate of drug-likeness (QED) is 0.414. The summed E-state index contributed by atoms with van der Waals surface area (Å²) in [5, 5.41) is 18.7. The average molecular weight is 424 g/mol. The fourth-order valence-electron chi connectivity index (χ4n) is 2.34. The normalized spacial score (nSPS) is 12.5. The molecule has 0 aliphatic heterocycles. The van der Waals surface area contributed by atoms with Crippen molar-refractivity contribution >= 4 is 42.7 Å². The number of hydrogen-bond donors (Lipinski definition) is 3. The van der Waals surface area contributed by atoms with Crippen molar-refractivity contribution in [1.82, 2.24) is 0 Å². The Morgan fingerprint density at radius 3 is 2.11 bits per heavy atom. The summed E-state index contributed by atoms with van der Waals surface area (Å²) in [4.78, 5) is -0.303. The molecule has 0 spiro atoms. The van der Waals surface area contributed by atoms with Gasteiger partial charge in [-0.15, -0.1) is 5.11 Å². The van der Waals surface area contributed by atoms with Crippen LogP contribution in [-0.2, 0) is 20.5 Å². The van der Waals surface area contributed by atoms with E-state index < -0.39 is 20.5 Å². The summed E-state index contributed by atoms with van der Waals surface area (Å²) in [5.74, 6) is -0.339. The van der Waals surface area contributed by atoms with Crippen LogP contribution in [0.5, 0.6) is 11.5 Å². The Labute approximate surface area is 159 Å². The van der Waals surface area contributed by atoms with Gasteiger partial charge in [0.25, 0.3) is 10.1 Å². The average Bonchev–Trinajstić information content (AvgIpc) is 2.59. The Balaban J connectivity index is 1.96. The molecule has 0 saturated carbocycles. The first-order chi connectivity index (χ1) is 13.0. The molecule has 0 aromatic heterocycles. The maximum Gasteiger partial charge on any atom is 0.446 e. The molecule has 0 radical (unpaired) electrons. The lowest BCUT2D eigenvalue weighted by atomic mass is 10.1. The molecular formula is C16H12N2O8S2. The van der Waals surface area contributed by atoms with Crippen molar-refractivity contribution in [3.8, 4) is 11.5 Å². The summed E-state index contributed by atoms with van der Waals surface area (Å²) in [6.45, 7) is 0. The van der Waals surface area contributed by atoms with Crippen molar-refractivity contribution in [3.05, 3.63) is 54.6 Å². The van der Waals surface area contributed by atoms with E-state index in [-0.39, 0.29) is 27.8 Å². The second kappa shape index (κ2) is 7.16. The van der Waals surface area contributed by atoms with Gasteiger partial charge < -0.3 is 9.29 Å². The Bertz CT molecular complexity index is 1280. The third-order valence-electron chi connectivity index (χ3n) is 3.54. The Morgan fingerprint density at radius 2 is 1.50 bits per heavy atom. The van der Waals surface area contributed by atoms with Gasteiger partial charge in [-0.25, -0.2) is 0 Å². The van der Waals surface area contributed by atoms with E-state index in [1.54, 1.807) is 0 Å². The first-order valence-corrected chi connectivity index (χ1v) is 10.3. The number of azo groups is 1. The molecule has 3 rings (SSSR count). The molecular weight excluding hydrogens is 412 g/mol. The summed E-state index contributed by atoms with van der Waals surface area (Å²) in [6.07, 6.45) is 0. The lowest BCUT2D eigenvalue weighted by molar-refractivity contribution is 0.387. The van der Waals surface area contributed by atoms with Crippen molar-refractivity contribution < 1.29 is 35.2 Å². The molecule has 3 N–H and O–H groups in total. The Morgan fingerprint density at radius 1 is 0.821 bits per heavy atom. The molecule has 0 saturated heterocycles. The molecule has 0 unspecified atom stereocenters. The molecule has 3 aromatic rings. The Hall–Kier alpha value is -3.06. The van der Waals surface area contributed by atoms with Gasteiger partial charge in [0.05, 0.1) is 10.6 Å². The highest BCUT2D eigenvalue weighted by atomic mass is 32.3. The highest BCUT2D eigenvalue weighted by Gasteiger charge is 2.13. The lowest BCUT2D eigenvalue weighted by Gasteiger charge is -2.06. The summed E-state index contributed by atoms with van der Waals surface area (Å²) in [6, 6.07) is 11.7. The maximum absolute atomic E-state index is 11.3. The van der Waals surface area contributed by atoms with Gasteiger partial charge in [0, 0.05) is 5.39 Å². The van der Waals surface area contributed by atoms with Gasteiger partial charge in [-0.3, -0.25) is 9.11 Å². The maximum atomic E-state index is 11.3. The molecule has 0 aliphatic rings. The number of phenols is 1. The van der Waals surface area contributed by atoms with Crippen LogP contribution < -0.4 is 4.18 Å². The van der Waals surface area contributed by atoms with Crippen LogP contribution in [0.3, 0.4) is 0 Å². The van der Waals surface area contributed by atoms with Crippen molar-refractivity contribution in [2.75, 3.05) is 0 Å². The molecule has 0 amide bonds. The fourth-order valence-corrected chi connectivity index (χ4v) is 3.21. The first kappa shape index (κ1) is 19.7. The fraction of sp³-hybridized carbons (Fsp3) is 0. The van der Waals surface area contributed by atoms with Gasteiger partial charge in [0.1, 0.15) is 17.2 Å². The largest absolute Gasteiger partial charge is 0.506 e. The van der Waals surface area contributed by atoms with E-state index in [1.807, 2.05) is 0 Å². The van der Waals surface area contributed by atoms with Crippen LogP contribution in [0.2, 0.25) is 0 Å². The minimum Gasteiger partial charge on any atom is -0.506 e. The summed E-state index contributed by atoms with van der Waals surface area (Å²) in [7, 11) is -9.02. The molecule has 12 heteroatoms. The van der Waals surface area contributed by atoms with Crippen LogP contribution in [0.25, 0.3) is 10.8 Å². The van der Waals surface area contributed by atoms with Gasteiger partial charge in [-0.05, 0) is 47.9 Å². The lowest BCUT2D eigenvalue weighted by Crippen LogP contribution is -2.06. The van der Waals surface area contributed by atoms with E-state index >= 15 is 0 Å². The van der Waals surface area contributed by atoms with E-state index in [1.165, 1.54) is 48.5 Å². The predicted octanol–water partition coefficient (Wildman–Crippen LogP) is 3.39. The molecule has 10 nitrogen and oxygen atoms in total. The van der Waals surface area contributed by atoms with Crippen LogP contribution in [0.15, 0.2) is 69.7 Å². The van der Waals surface area contributed by atoms with Crippen molar-refractivity contribution in [1.29, 1.82) is 0 Å². The van der Waals surface area contributed by atoms with E-state index in [0.29, 0.717) is 10.8 Å². The number of phenolic OH excluding ortho intramolecular Hbond substituents is 1. The van der Waals surface area contributed by atoms with Gasteiger partial charge in [0.15, 0.2) is 0 Å². The number of aromatic hydroxyl groups is 1. The number of benzene rings is 3. The molecule has 146 valence electrons. The van der Waals surface area contributed by atoms with Crippen molar-refractivity contribution in [2.45, 2.75) is 4.90 Å². The minimum atomic E-state index is -4.64. The number of nitrogens with zero attached hydrogens (tertiary/aromatic N) is 2. The number of fused-ring (bicyclic) bond motifs is 1. The van der Waals surface area contributed by atoms with Crippen LogP contribution >= 0.6 is 0 Å². The van der Waals surface area contributed by atoms with E-state index in [0.717, 1.165) is 6.07 Å². The number of hydrogen-bond acceptors (Lipinski definition) is 8. The van der Waals surface area contributed by atoms with Gasteiger partial charge >= 0.3 is 10.4 Å². The van der Waals surface area contributed by atoms with Crippen molar-refractivity contribution in [3.63, 3.8) is 0 Å². The third kappa shape index (κ3) is 4.61. The first-order valence-electron chi connectivity index (χ1n) is 7.45. The molecule has 3 aromatic carbocycles. The second-order valence-electron chi connectivity index (χ2n) is 5.50. The second-order valence-corrected chi connectivity index (χ2v) is 7.94. The predicted molar refractivity (Wildman–Crippen MR) is 98.2 cm³/mol. The molecule has 0 bridgehead atoms. The SMILES string of the molecule is O=S(=O)(O)Oc1ccc(/N=N/c2c(O)ccc3cc(S(=O)(=O)O)ccc23)cc1. The van der Waals surface area contributed by atoms with Crippen molar-refractivity contribution in [2.24, 2.45) is 10.2 Å². The van der Waals surface area contributed by atoms with Gasteiger partial charge in [-0.1, -0.05) is 12.1 Å².